The molecule has 4 rings (SSSR count). The smallest absolute Gasteiger partial charge is 0.312 e. The molecule has 8 nitrogen and oxygen atoms in total. The van der Waals surface area contributed by atoms with Crippen molar-refractivity contribution in [3.8, 4) is 0 Å². The number of nitrogens with one attached hydrogen (secondary N) is 1. The van der Waals surface area contributed by atoms with Crippen molar-refractivity contribution in [1.29, 1.82) is 0 Å². The first-order valence-corrected chi connectivity index (χ1v) is 11.1. The Hall–Kier alpha value is -1.97. The maximum absolute atomic E-state index is 13.3. The number of ether oxygens (including phenoxy) is 2. The van der Waals surface area contributed by atoms with Gasteiger partial charge in [0.2, 0.25) is 11.8 Å². The summed E-state index contributed by atoms with van der Waals surface area (Å²) >= 11 is 3.57. The third-order valence-corrected chi connectivity index (χ3v) is 7.09. The zero-order chi connectivity index (χ0) is 21.5. The molecule has 1 spiro atoms. The van der Waals surface area contributed by atoms with Gasteiger partial charge in [-0.25, -0.2) is 0 Å². The predicted octanol–water partition coefficient (Wildman–Crippen LogP) is 0.606. The number of nitrogens with zero attached hydrogens (tertiary/aromatic N) is 1. The average molecular weight is 481 g/mol. The predicted molar refractivity (Wildman–Crippen MR) is 109 cm³/mol. The maximum atomic E-state index is 13.3. The number of amides is 2. The number of halogens is 1. The lowest BCUT2D eigenvalue weighted by Crippen LogP contribution is -2.56. The number of benzene rings is 1. The quantitative estimate of drug-likeness (QED) is 0.437. The number of aliphatic hydroxyl groups excluding tert-OH is 1. The highest BCUT2D eigenvalue weighted by Gasteiger charge is 2.76. The van der Waals surface area contributed by atoms with E-state index in [-0.39, 0.29) is 36.4 Å². The van der Waals surface area contributed by atoms with Crippen LogP contribution in [0.5, 0.6) is 0 Å². The molecule has 6 atom stereocenters. The van der Waals surface area contributed by atoms with Gasteiger partial charge in [0.05, 0.1) is 31.2 Å². The van der Waals surface area contributed by atoms with Crippen LogP contribution < -0.4 is 5.32 Å². The highest BCUT2D eigenvalue weighted by Crippen LogP contribution is 2.60. The Morgan fingerprint density at radius 1 is 1.37 bits per heavy atom. The molecule has 3 aliphatic heterocycles. The largest absolute Gasteiger partial charge is 0.466 e. The summed E-state index contributed by atoms with van der Waals surface area (Å²) in [5, 5.41) is 12.4. The van der Waals surface area contributed by atoms with Gasteiger partial charge in [0, 0.05) is 17.9 Å². The SMILES string of the molecule is CCOC(=O)[C@H]1[C@@H]2OC3(CC2Br)C(C(=O)NCc2ccccc2)N(CCO)C(=O)[C@H]13. The fourth-order valence-corrected chi connectivity index (χ4v) is 6.11. The number of rotatable bonds is 7. The molecule has 1 aromatic rings. The van der Waals surface area contributed by atoms with E-state index in [0.29, 0.717) is 13.0 Å². The van der Waals surface area contributed by atoms with E-state index >= 15 is 0 Å². The van der Waals surface area contributed by atoms with E-state index in [1.54, 1.807) is 6.92 Å². The number of β-amino-alcohol motifs (C(OH)–C–C–N with tert-alkyl or cyclic N) is 1. The number of carbonyl (C=O) groups excluding carboxylic acids is 3. The standard InChI is InChI=1S/C21H25BrN2O6/c1-2-29-20(28)14-15-19(27)24(8-9-25)17(21(15)10-13(22)16(14)30-21)18(26)23-11-12-6-4-3-5-7-12/h3-7,13-17,25H,2,8-11H2,1H3,(H,23,26)/t13?,14-,15+,16-,17?,21?/m1/s1. The Balaban J connectivity index is 1.64. The van der Waals surface area contributed by atoms with Crippen molar-refractivity contribution < 1.29 is 29.0 Å². The summed E-state index contributed by atoms with van der Waals surface area (Å²) in [5.41, 5.74) is -0.194. The number of alkyl halides is 1. The Morgan fingerprint density at radius 3 is 2.77 bits per heavy atom. The molecule has 2 amide bonds. The molecule has 3 aliphatic rings. The zero-order valence-electron chi connectivity index (χ0n) is 16.6. The number of hydrogen-bond acceptors (Lipinski definition) is 6. The molecule has 2 bridgehead atoms. The molecule has 0 radical (unpaired) electrons. The maximum Gasteiger partial charge on any atom is 0.312 e. The van der Waals surface area contributed by atoms with Crippen LogP contribution in [0.1, 0.15) is 18.9 Å². The van der Waals surface area contributed by atoms with Crippen LogP contribution >= 0.6 is 15.9 Å². The van der Waals surface area contributed by atoms with E-state index in [2.05, 4.69) is 21.2 Å². The van der Waals surface area contributed by atoms with E-state index < -0.39 is 35.6 Å². The topological polar surface area (TPSA) is 105 Å². The number of hydrogen-bond donors (Lipinski definition) is 2. The van der Waals surface area contributed by atoms with Crippen LogP contribution in [0.15, 0.2) is 30.3 Å². The lowest BCUT2D eigenvalue weighted by molar-refractivity contribution is -0.154. The van der Waals surface area contributed by atoms with Crippen molar-refractivity contribution >= 4 is 33.7 Å². The molecule has 1 aromatic carbocycles. The van der Waals surface area contributed by atoms with Gasteiger partial charge in [-0.3, -0.25) is 14.4 Å². The molecular formula is C21H25BrN2O6. The van der Waals surface area contributed by atoms with E-state index in [9.17, 15) is 19.5 Å². The van der Waals surface area contributed by atoms with Gasteiger partial charge in [-0.15, -0.1) is 0 Å². The highest BCUT2D eigenvalue weighted by atomic mass is 79.9. The van der Waals surface area contributed by atoms with Gasteiger partial charge >= 0.3 is 5.97 Å². The van der Waals surface area contributed by atoms with Gasteiger partial charge in [-0.05, 0) is 18.9 Å². The minimum atomic E-state index is -1.12. The van der Waals surface area contributed by atoms with Gasteiger partial charge in [0.25, 0.3) is 0 Å². The van der Waals surface area contributed by atoms with Crippen molar-refractivity contribution in [1.82, 2.24) is 10.2 Å². The number of likely N-dealkylation sites (tertiary alicyclic amines) is 1. The van der Waals surface area contributed by atoms with E-state index in [0.717, 1.165) is 5.56 Å². The zero-order valence-corrected chi connectivity index (χ0v) is 18.2. The molecule has 9 heteroatoms. The van der Waals surface area contributed by atoms with E-state index in [1.165, 1.54) is 4.90 Å². The highest BCUT2D eigenvalue weighted by molar-refractivity contribution is 9.09. The molecule has 3 heterocycles. The lowest BCUT2D eigenvalue weighted by Gasteiger charge is -2.33. The fourth-order valence-electron chi connectivity index (χ4n) is 5.17. The van der Waals surface area contributed by atoms with Crippen LogP contribution in [0.4, 0.5) is 0 Å². The number of carbonyl (C=O) groups is 3. The Morgan fingerprint density at radius 2 is 2.10 bits per heavy atom. The molecule has 3 saturated heterocycles. The average Bonchev–Trinajstić information content (AvgIpc) is 3.31. The van der Waals surface area contributed by atoms with Crippen LogP contribution in [0, 0.1) is 11.8 Å². The number of aliphatic hydroxyl groups is 1. The van der Waals surface area contributed by atoms with Gasteiger partial charge in [-0.2, -0.15) is 0 Å². The van der Waals surface area contributed by atoms with E-state index in [1.807, 2.05) is 30.3 Å². The molecular weight excluding hydrogens is 456 g/mol. The molecule has 2 N–H and O–H groups in total. The Kier molecular flexibility index (Phi) is 5.87. The van der Waals surface area contributed by atoms with Crippen LogP contribution in [0.2, 0.25) is 0 Å². The van der Waals surface area contributed by atoms with Crippen molar-refractivity contribution in [3.05, 3.63) is 35.9 Å². The molecule has 3 unspecified atom stereocenters. The van der Waals surface area contributed by atoms with Crippen LogP contribution in [0.25, 0.3) is 0 Å². The van der Waals surface area contributed by atoms with Gasteiger partial charge in [0.1, 0.15) is 11.6 Å². The lowest BCUT2D eigenvalue weighted by atomic mass is 9.70. The van der Waals surface area contributed by atoms with Crippen molar-refractivity contribution in [2.45, 2.75) is 42.5 Å². The third-order valence-electron chi connectivity index (χ3n) is 6.25. The van der Waals surface area contributed by atoms with Crippen LogP contribution in [-0.4, -0.2) is 70.1 Å². The van der Waals surface area contributed by atoms with Crippen molar-refractivity contribution in [3.63, 3.8) is 0 Å². The molecule has 162 valence electrons. The van der Waals surface area contributed by atoms with Gasteiger partial charge in [0.15, 0.2) is 0 Å². The molecule has 0 aromatic heterocycles. The first kappa shape index (κ1) is 21.3. The summed E-state index contributed by atoms with van der Waals surface area (Å²) in [6.07, 6.45) is -0.103. The second-order valence-electron chi connectivity index (χ2n) is 7.87. The van der Waals surface area contributed by atoms with Gasteiger partial charge < -0.3 is 24.8 Å². The summed E-state index contributed by atoms with van der Waals surface area (Å²) in [7, 11) is 0. The first-order valence-electron chi connectivity index (χ1n) is 10.2. The van der Waals surface area contributed by atoms with E-state index in [4.69, 9.17) is 9.47 Å². The van der Waals surface area contributed by atoms with Crippen molar-refractivity contribution in [2.24, 2.45) is 11.8 Å². The Labute approximate surface area is 183 Å². The summed E-state index contributed by atoms with van der Waals surface area (Å²) in [4.78, 5) is 40.5. The summed E-state index contributed by atoms with van der Waals surface area (Å²) in [6.45, 7) is 1.92. The summed E-state index contributed by atoms with van der Waals surface area (Å²) in [5.74, 6) is -2.75. The normalized spacial score (nSPS) is 34.2. The monoisotopic (exact) mass is 480 g/mol. The van der Waals surface area contributed by atoms with Crippen molar-refractivity contribution in [2.75, 3.05) is 19.8 Å². The van der Waals surface area contributed by atoms with Crippen LogP contribution in [-0.2, 0) is 30.4 Å². The first-order chi connectivity index (χ1) is 14.4. The third kappa shape index (κ3) is 3.23. The fraction of sp³-hybridized carbons (Fsp3) is 0.571. The molecule has 0 aliphatic carbocycles. The summed E-state index contributed by atoms with van der Waals surface area (Å²) < 4.78 is 11.5. The molecule has 3 fully saturated rings. The minimum absolute atomic E-state index is 0.00295. The molecule has 0 saturated carbocycles. The molecule has 30 heavy (non-hydrogen) atoms. The number of esters is 1. The van der Waals surface area contributed by atoms with Gasteiger partial charge in [-0.1, -0.05) is 46.3 Å². The minimum Gasteiger partial charge on any atom is -0.466 e. The number of fused-ring (bicyclic) bond motifs is 1. The Bertz CT molecular complexity index is 836. The second-order valence-corrected chi connectivity index (χ2v) is 9.05. The second kappa shape index (κ2) is 8.28. The summed E-state index contributed by atoms with van der Waals surface area (Å²) in [6, 6.07) is 8.54. The van der Waals surface area contributed by atoms with Crippen LogP contribution in [0.3, 0.4) is 0 Å².